The molecule has 7 heteroatoms. The van der Waals surface area contributed by atoms with Gasteiger partial charge in [0.2, 0.25) is 0 Å². The van der Waals surface area contributed by atoms with Crippen LogP contribution in [0.5, 0.6) is 11.5 Å². The second-order valence-electron chi connectivity index (χ2n) is 7.77. The number of likely N-dealkylation sites (tertiary alicyclic amines) is 1. The van der Waals surface area contributed by atoms with E-state index in [1.54, 1.807) is 37.4 Å². The highest BCUT2D eigenvalue weighted by molar-refractivity contribution is 6.35. The van der Waals surface area contributed by atoms with E-state index in [2.05, 4.69) is 24.1 Å². The Morgan fingerprint density at radius 3 is 2.50 bits per heavy atom. The van der Waals surface area contributed by atoms with E-state index in [1.165, 1.54) is 0 Å². The second-order valence-corrected chi connectivity index (χ2v) is 8.61. The number of rotatable bonds is 7. The molecule has 3 rings (SSSR count). The minimum atomic E-state index is -0.0939. The molecule has 0 spiro atoms. The lowest BCUT2D eigenvalue weighted by atomic mass is 10.0. The highest BCUT2D eigenvalue weighted by atomic mass is 35.5. The SMILES string of the molecule is COc1cc(C(=O)NC2CCN(C(C)C)CC2)ccc1OCc1ccc(Cl)cc1Cl. The summed E-state index contributed by atoms with van der Waals surface area (Å²) in [6.07, 6.45) is 1.92. The van der Waals surface area contributed by atoms with Gasteiger partial charge < -0.3 is 19.7 Å². The van der Waals surface area contributed by atoms with Crippen molar-refractivity contribution in [3.63, 3.8) is 0 Å². The summed E-state index contributed by atoms with van der Waals surface area (Å²) in [4.78, 5) is 15.1. The summed E-state index contributed by atoms with van der Waals surface area (Å²) in [7, 11) is 1.56. The molecule has 1 heterocycles. The average molecular weight is 451 g/mol. The maximum Gasteiger partial charge on any atom is 0.251 e. The molecule has 0 bridgehead atoms. The van der Waals surface area contributed by atoms with Crippen molar-refractivity contribution in [2.75, 3.05) is 20.2 Å². The van der Waals surface area contributed by atoms with E-state index in [9.17, 15) is 4.79 Å². The molecule has 1 aliphatic rings. The van der Waals surface area contributed by atoms with Crippen LogP contribution < -0.4 is 14.8 Å². The van der Waals surface area contributed by atoms with E-state index >= 15 is 0 Å². The Bertz CT molecular complexity index is 881. The van der Waals surface area contributed by atoms with Gasteiger partial charge in [-0.1, -0.05) is 29.3 Å². The highest BCUT2D eigenvalue weighted by Gasteiger charge is 2.23. The summed E-state index contributed by atoms with van der Waals surface area (Å²) in [5.41, 5.74) is 1.37. The molecule has 2 aromatic carbocycles. The van der Waals surface area contributed by atoms with Gasteiger partial charge in [0.05, 0.1) is 7.11 Å². The number of carbonyl (C=O) groups is 1. The predicted octanol–water partition coefficient (Wildman–Crippen LogP) is 5.18. The Hall–Kier alpha value is -1.95. The molecule has 1 amide bonds. The Kier molecular flexibility index (Phi) is 7.87. The molecule has 0 atom stereocenters. The van der Waals surface area contributed by atoms with Crippen molar-refractivity contribution in [2.24, 2.45) is 0 Å². The van der Waals surface area contributed by atoms with Crippen molar-refractivity contribution >= 4 is 29.1 Å². The quantitative estimate of drug-likeness (QED) is 0.630. The Balaban J connectivity index is 1.61. The van der Waals surface area contributed by atoms with Crippen LogP contribution in [-0.2, 0) is 6.61 Å². The van der Waals surface area contributed by atoms with Gasteiger partial charge in [-0.05, 0) is 57.0 Å². The van der Waals surface area contributed by atoms with Gasteiger partial charge in [0.1, 0.15) is 6.61 Å². The molecular weight excluding hydrogens is 423 g/mol. The Morgan fingerprint density at radius 2 is 1.87 bits per heavy atom. The van der Waals surface area contributed by atoms with Crippen LogP contribution in [0.25, 0.3) is 0 Å². The fourth-order valence-electron chi connectivity index (χ4n) is 3.55. The normalized spacial score (nSPS) is 15.3. The fraction of sp³-hybridized carbons (Fsp3) is 0.435. The maximum absolute atomic E-state index is 12.7. The largest absolute Gasteiger partial charge is 0.493 e. The number of nitrogens with one attached hydrogen (secondary N) is 1. The zero-order chi connectivity index (χ0) is 21.7. The molecule has 1 N–H and O–H groups in total. The molecule has 0 aromatic heterocycles. The van der Waals surface area contributed by atoms with Crippen LogP contribution in [-0.4, -0.2) is 43.1 Å². The van der Waals surface area contributed by atoms with Crippen molar-refractivity contribution in [2.45, 2.75) is 45.4 Å². The molecule has 5 nitrogen and oxygen atoms in total. The smallest absolute Gasteiger partial charge is 0.251 e. The number of halogens is 2. The van der Waals surface area contributed by atoms with Gasteiger partial charge in [0.25, 0.3) is 5.91 Å². The Morgan fingerprint density at radius 1 is 1.13 bits per heavy atom. The summed E-state index contributed by atoms with van der Waals surface area (Å²) >= 11 is 12.1. The van der Waals surface area contributed by atoms with Crippen LogP contribution in [0.15, 0.2) is 36.4 Å². The molecule has 0 unspecified atom stereocenters. The van der Waals surface area contributed by atoms with E-state index in [-0.39, 0.29) is 18.6 Å². The maximum atomic E-state index is 12.7. The number of nitrogens with zero attached hydrogens (tertiary/aromatic N) is 1. The molecular formula is C23H28Cl2N2O3. The van der Waals surface area contributed by atoms with Crippen molar-refractivity contribution in [3.05, 3.63) is 57.6 Å². The van der Waals surface area contributed by atoms with Gasteiger partial charge in [-0.3, -0.25) is 4.79 Å². The van der Waals surface area contributed by atoms with Crippen molar-refractivity contribution in [1.82, 2.24) is 10.2 Å². The van der Waals surface area contributed by atoms with Gasteiger partial charge in [-0.25, -0.2) is 0 Å². The van der Waals surface area contributed by atoms with E-state index in [0.717, 1.165) is 31.5 Å². The number of hydrogen-bond donors (Lipinski definition) is 1. The molecule has 0 radical (unpaired) electrons. The summed E-state index contributed by atoms with van der Waals surface area (Å²) in [5, 5.41) is 4.26. The first-order chi connectivity index (χ1) is 14.4. The Labute approximate surface area is 188 Å². The summed E-state index contributed by atoms with van der Waals surface area (Å²) in [6.45, 7) is 6.69. The van der Waals surface area contributed by atoms with E-state index in [1.807, 2.05) is 6.07 Å². The van der Waals surface area contributed by atoms with Crippen molar-refractivity contribution < 1.29 is 14.3 Å². The van der Waals surface area contributed by atoms with Gasteiger partial charge in [0.15, 0.2) is 11.5 Å². The van der Waals surface area contributed by atoms with Crippen molar-refractivity contribution in [1.29, 1.82) is 0 Å². The fourth-order valence-corrected chi connectivity index (χ4v) is 4.01. The van der Waals surface area contributed by atoms with E-state index in [0.29, 0.717) is 33.1 Å². The number of hydrogen-bond acceptors (Lipinski definition) is 4. The van der Waals surface area contributed by atoms with Crippen molar-refractivity contribution in [3.8, 4) is 11.5 Å². The highest BCUT2D eigenvalue weighted by Crippen LogP contribution is 2.30. The van der Waals surface area contributed by atoms with E-state index < -0.39 is 0 Å². The lowest BCUT2D eigenvalue weighted by Crippen LogP contribution is -2.46. The van der Waals surface area contributed by atoms with Gasteiger partial charge in [-0.15, -0.1) is 0 Å². The first kappa shape index (κ1) is 22.7. The predicted molar refractivity (Wildman–Crippen MR) is 121 cm³/mol. The summed E-state index contributed by atoms with van der Waals surface area (Å²) in [6, 6.07) is 11.2. The molecule has 30 heavy (non-hydrogen) atoms. The minimum absolute atomic E-state index is 0.0939. The van der Waals surface area contributed by atoms with Crippen LogP contribution in [0.2, 0.25) is 10.0 Å². The molecule has 1 aliphatic heterocycles. The first-order valence-electron chi connectivity index (χ1n) is 10.2. The number of methoxy groups -OCH3 is 1. The molecule has 1 saturated heterocycles. The number of benzene rings is 2. The zero-order valence-electron chi connectivity index (χ0n) is 17.6. The summed E-state index contributed by atoms with van der Waals surface area (Å²) in [5.74, 6) is 0.955. The van der Waals surface area contributed by atoms with Crippen LogP contribution >= 0.6 is 23.2 Å². The number of amides is 1. The third-order valence-electron chi connectivity index (χ3n) is 5.42. The third-order valence-corrected chi connectivity index (χ3v) is 6.01. The topological polar surface area (TPSA) is 50.8 Å². The monoisotopic (exact) mass is 450 g/mol. The first-order valence-corrected chi connectivity index (χ1v) is 10.9. The number of carbonyl (C=O) groups excluding carboxylic acids is 1. The standard InChI is InChI=1S/C23H28Cl2N2O3/c1-15(2)27-10-8-19(9-11-27)26-23(28)16-5-7-21(22(12-16)29-3)30-14-17-4-6-18(24)13-20(17)25/h4-7,12-13,15,19H,8-11,14H2,1-3H3,(H,26,28). The number of ether oxygens (including phenoxy) is 2. The molecule has 0 aliphatic carbocycles. The number of piperidine rings is 1. The van der Waals surface area contributed by atoms with Gasteiger partial charge in [0, 0.05) is 46.3 Å². The van der Waals surface area contributed by atoms with Crippen LogP contribution in [0.3, 0.4) is 0 Å². The summed E-state index contributed by atoms with van der Waals surface area (Å²) < 4.78 is 11.3. The lowest BCUT2D eigenvalue weighted by Gasteiger charge is -2.34. The van der Waals surface area contributed by atoms with Crippen LogP contribution in [0.4, 0.5) is 0 Å². The molecule has 2 aromatic rings. The van der Waals surface area contributed by atoms with Crippen LogP contribution in [0.1, 0.15) is 42.6 Å². The van der Waals surface area contributed by atoms with Gasteiger partial charge in [-0.2, -0.15) is 0 Å². The zero-order valence-corrected chi connectivity index (χ0v) is 19.1. The molecule has 162 valence electrons. The second kappa shape index (κ2) is 10.4. The average Bonchev–Trinajstić information content (AvgIpc) is 2.73. The van der Waals surface area contributed by atoms with Crippen LogP contribution in [0, 0.1) is 0 Å². The third kappa shape index (κ3) is 5.81. The van der Waals surface area contributed by atoms with E-state index in [4.69, 9.17) is 32.7 Å². The van der Waals surface area contributed by atoms with Gasteiger partial charge >= 0.3 is 0 Å². The lowest BCUT2D eigenvalue weighted by molar-refractivity contribution is 0.0900. The molecule has 0 saturated carbocycles. The molecule has 1 fully saturated rings. The minimum Gasteiger partial charge on any atom is -0.493 e.